The zero-order valence-electron chi connectivity index (χ0n) is 4.98. The highest BCUT2D eigenvalue weighted by atomic mass is 16.8. The van der Waals surface area contributed by atoms with E-state index < -0.39 is 10.8 Å². The van der Waals surface area contributed by atoms with Crippen molar-refractivity contribution in [3.63, 3.8) is 0 Å². The Balaban J connectivity index is 2.68. The summed E-state index contributed by atoms with van der Waals surface area (Å²) in [6.45, 7) is -0.131. The monoisotopic (exact) mass is 149 g/mol. The zero-order chi connectivity index (χ0) is 7.78. The number of hydrogen-bond donors (Lipinski definition) is 3. The average molecular weight is 149 g/mol. The van der Waals surface area contributed by atoms with Crippen LogP contribution >= 0.6 is 0 Å². The van der Waals surface area contributed by atoms with Crippen LogP contribution in [-0.2, 0) is 4.84 Å². The Morgan fingerprint density at radius 2 is 2.40 bits per heavy atom. The van der Waals surface area contributed by atoms with Crippen LogP contribution < -0.4 is 17.1 Å². The smallest absolute Gasteiger partial charge is 0.245 e. The van der Waals surface area contributed by atoms with Gasteiger partial charge < -0.3 is 0 Å². The molecule has 1 rings (SSSR count). The first kappa shape index (κ1) is 7.15. The van der Waals surface area contributed by atoms with E-state index in [1.165, 1.54) is 0 Å². The molecule has 0 aromatic rings. The second-order valence-corrected chi connectivity index (χ2v) is 1.92. The molecule has 1 heterocycles. The van der Waals surface area contributed by atoms with Crippen molar-refractivity contribution in [2.45, 2.75) is 5.79 Å². The highest BCUT2D eigenvalue weighted by molar-refractivity contribution is 4.71. The van der Waals surface area contributed by atoms with E-state index in [-0.39, 0.29) is 6.61 Å². The van der Waals surface area contributed by atoms with Crippen LogP contribution in [0.2, 0.25) is 0 Å². The molecule has 0 aromatic heterocycles. The summed E-state index contributed by atoms with van der Waals surface area (Å²) in [5, 5.41) is 9.66. The Morgan fingerprint density at radius 1 is 1.80 bits per heavy atom. The molecule has 0 aromatic carbocycles. The number of nitro groups is 1. The largest absolute Gasteiger partial charge is 0.288 e. The molecule has 8 nitrogen and oxygen atoms in total. The fourth-order valence-electron chi connectivity index (χ4n) is 0.540. The van der Waals surface area contributed by atoms with Crippen LogP contribution in [0.25, 0.3) is 0 Å². The SMILES string of the molecule is NC1(N)CONN1[N+](=O)[O-]. The zero-order valence-corrected chi connectivity index (χ0v) is 4.98. The standard InChI is InChI=1S/C2H7N5O3/c3-2(4)1-10-5-6(2)7(8)9/h5H,1,3-4H2. The van der Waals surface area contributed by atoms with Gasteiger partial charge in [-0.3, -0.25) is 16.3 Å². The molecule has 58 valence electrons. The van der Waals surface area contributed by atoms with Crippen molar-refractivity contribution in [2.75, 3.05) is 6.61 Å². The normalized spacial score (nSPS) is 23.2. The van der Waals surface area contributed by atoms with Crippen molar-refractivity contribution in [2.24, 2.45) is 11.5 Å². The Bertz CT molecular complexity index is 157. The third kappa shape index (κ3) is 0.998. The minimum atomic E-state index is -1.57. The van der Waals surface area contributed by atoms with Crippen LogP contribution in [0.3, 0.4) is 0 Å². The van der Waals surface area contributed by atoms with E-state index in [4.69, 9.17) is 11.5 Å². The Morgan fingerprint density at radius 3 is 2.60 bits per heavy atom. The van der Waals surface area contributed by atoms with Gasteiger partial charge in [0.2, 0.25) is 5.79 Å². The molecular weight excluding hydrogens is 142 g/mol. The molecule has 8 heteroatoms. The van der Waals surface area contributed by atoms with Crippen molar-refractivity contribution < 1.29 is 9.87 Å². The molecule has 0 aliphatic carbocycles. The van der Waals surface area contributed by atoms with Crippen molar-refractivity contribution in [1.82, 2.24) is 10.7 Å². The van der Waals surface area contributed by atoms with Crippen molar-refractivity contribution >= 4 is 0 Å². The van der Waals surface area contributed by atoms with E-state index in [1.807, 2.05) is 5.59 Å². The maximum absolute atomic E-state index is 10.0. The molecule has 1 aliphatic heterocycles. The van der Waals surface area contributed by atoms with Gasteiger partial charge >= 0.3 is 0 Å². The fourth-order valence-corrected chi connectivity index (χ4v) is 0.540. The third-order valence-corrected chi connectivity index (χ3v) is 1.01. The van der Waals surface area contributed by atoms with Crippen LogP contribution in [-0.4, -0.2) is 22.5 Å². The quantitative estimate of drug-likeness (QED) is 0.214. The van der Waals surface area contributed by atoms with Gasteiger partial charge in [-0.1, -0.05) is 5.59 Å². The average Bonchev–Trinajstić information content (AvgIpc) is 2.08. The first-order chi connectivity index (χ1) is 4.54. The van der Waals surface area contributed by atoms with Gasteiger partial charge in [0, 0.05) is 5.12 Å². The lowest BCUT2D eigenvalue weighted by Crippen LogP contribution is -2.65. The summed E-state index contributed by atoms with van der Waals surface area (Å²) >= 11 is 0. The maximum atomic E-state index is 10.0. The molecule has 0 radical (unpaired) electrons. The number of hydrogen-bond acceptors (Lipinski definition) is 6. The predicted octanol–water partition coefficient (Wildman–Crippen LogP) is -2.50. The van der Waals surface area contributed by atoms with Crippen LogP contribution in [0.5, 0.6) is 0 Å². The predicted molar refractivity (Wildman–Crippen MR) is 29.0 cm³/mol. The third-order valence-electron chi connectivity index (χ3n) is 1.01. The lowest BCUT2D eigenvalue weighted by Gasteiger charge is -2.17. The van der Waals surface area contributed by atoms with Crippen LogP contribution in [0.15, 0.2) is 0 Å². The van der Waals surface area contributed by atoms with Gasteiger partial charge in [-0.2, -0.15) is 0 Å². The van der Waals surface area contributed by atoms with Crippen LogP contribution in [0, 0.1) is 10.1 Å². The molecule has 10 heavy (non-hydrogen) atoms. The molecule has 0 unspecified atom stereocenters. The Labute approximate surface area is 55.7 Å². The number of nitrogens with two attached hydrogens (primary N) is 2. The van der Waals surface area contributed by atoms with Crippen LogP contribution in [0.1, 0.15) is 0 Å². The van der Waals surface area contributed by atoms with Crippen molar-refractivity contribution in [3.8, 4) is 0 Å². The molecule has 5 N–H and O–H groups in total. The van der Waals surface area contributed by atoms with E-state index in [9.17, 15) is 10.1 Å². The highest BCUT2D eigenvalue weighted by Gasteiger charge is 2.43. The summed E-state index contributed by atoms with van der Waals surface area (Å²) in [5.41, 5.74) is 12.3. The number of hydrazine groups is 2. The fraction of sp³-hybridized carbons (Fsp3) is 1.00. The highest BCUT2D eigenvalue weighted by Crippen LogP contribution is 2.04. The van der Waals surface area contributed by atoms with Gasteiger partial charge in [-0.25, -0.2) is 10.1 Å². The van der Waals surface area contributed by atoms with Crippen LogP contribution in [0.4, 0.5) is 0 Å². The van der Waals surface area contributed by atoms with Gasteiger partial charge in [-0.05, 0) is 0 Å². The van der Waals surface area contributed by atoms with Gasteiger partial charge in [0.15, 0.2) is 5.03 Å². The second-order valence-electron chi connectivity index (χ2n) is 1.92. The molecule has 1 saturated heterocycles. The summed E-state index contributed by atoms with van der Waals surface area (Å²) in [7, 11) is 0. The minimum Gasteiger partial charge on any atom is -0.288 e. The first-order valence-electron chi connectivity index (χ1n) is 2.44. The van der Waals surface area contributed by atoms with E-state index in [2.05, 4.69) is 4.84 Å². The van der Waals surface area contributed by atoms with Gasteiger partial charge in [0.1, 0.15) is 6.61 Å². The van der Waals surface area contributed by atoms with E-state index in [1.54, 1.807) is 0 Å². The summed E-state index contributed by atoms with van der Waals surface area (Å²) in [6, 6.07) is 0. The van der Waals surface area contributed by atoms with Gasteiger partial charge in [0.05, 0.1) is 0 Å². The van der Waals surface area contributed by atoms with Crippen molar-refractivity contribution in [3.05, 3.63) is 10.1 Å². The van der Waals surface area contributed by atoms with E-state index in [0.717, 1.165) is 0 Å². The second kappa shape index (κ2) is 2.02. The minimum absolute atomic E-state index is 0.131. The molecule has 0 amide bonds. The molecule has 0 spiro atoms. The molecule has 0 bridgehead atoms. The summed E-state index contributed by atoms with van der Waals surface area (Å²) in [5.74, 6) is -1.57. The summed E-state index contributed by atoms with van der Waals surface area (Å²) < 4.78 is 0. The topological polar surface area (TPSA) is 120 Å². The van der Waals surface area contributed by atoms with Crippen molar-refractivity contribution in [1.29, 1.82) is 0 Å². The Hall–Kier alpha value is -0.960. The van der Waals surface area contributed by atoms with E-state index in [0.29, 0.717) is 5.12 Å². The molecule has 0 atom stereocenters. The van der Waals surface area contributed by atoms with Gasteiger partial charge in [0.25, 0.3) is 0 Å². The molecule has 0 saturated carbocycles. The summed E-state index contributed by atoms with van der Waals surface area (Å²) in [4.78, 5) is 14.5. The van der Waals surface area contributed by atoms with Gasteiger partial charge in [-0.15, -0.1) is 0 Å². The molecular formula is C2H7N5O3. The number of nitrogens with zero attached hydrogens (tertiary/aromatic N) is 2. The molecule has 1 aliphatic rings. The Kier molecular flexibility index (Phi) is 1.45. The lowest BCUT2D eigenvalue weighted by molar-refractivity contribution is -0.689. The molecule has 1 fully saturated rings. The number of nitrogens with one attached hydrogen (secondary N) is 1. The maximum Gasteiger partial charge on any atom is 0.245 e. The lowest BCUT2D eigenvalue weighted by atomic mass is 10.4. The summed E-state index contributed by atoms with van der Waals surface area (Å²) in [6.07, 6.45) is 0. The number of rotatable bonds is 1. The first-order valence-corrected chi connectivity index (χ1v) is 2.44. The van der Waals surface area contributed by atoms with E-state index >= 15 is 0 Å².